The zero-order chi connectivity index (χ0) is 19.7. The minimum atomic E-state index is -0.654. The van der Waals surface area contributed by atoms with E-state index < -0.39 is 5.92 Å². The van der Waals surface area contributed by atoms with Crippen molar-refractivity contribution in [3.63, 3.8) is 0 Å². The molecule has 2 fully saturated rings. The maximum absolute atomic E-state index is 14.0. The van der Waals surface area contributed by atoms with Crippen molar-refractivity contribution in [2.75, 3.05) is 42.5 Å². The second-order valence-electron chi connectivity index (χ2n) is 7.07. The van der Waals surface area contributed by atoms with Gasteiger partial charge < -0.3 is 14.7 Å². The molecular formula is C21H21ClFN3O2. The van der Waals surface area contributed by atoms with E-state index >= 15 is 0 Å². The number of anilines is 2. The lowest BCUT2D eigenvalue weighted by molar-refractivity contribution is -0.140. The van der Waals surface area contributed by atoms with E-state index in [1.807, 2.05) is 11.0 Å². The van der Waals surface area contributed by atoms with E-state index in [-0.39, 0.29) is 17.6 Å². The Labute approximate surface area is 168 Å². The van der Waals surface area contributed by atoms with Crippen molar-refractivity contribution in [3.8, 4) is 0 Å². The fourth-order valence-electron chi connectivity index (χ4n) is 3.91. The predicted octanol–water partition coefficient (Wildman–Crippen LogP) is 3.18. The van der Waals surface area contributed by atoms with Crippen molar-refractivity contribution in [1.82, 2.24) is 4.90 Å². The Hall–Kier alpha value is -2.60. The molecule has 2 amide bonds. The predicted molar refractivity (Wildman–Crippen MR) is 107 cm³/mol. The summed E-state index contributed by atoms with van der Waals surface area (Å²) in [5.74, 6) is -1.23. The van der Waals surface area contributed by atoms with Gasteiger partial charge in [-0.15, -0.1) is 0 Å². The number of hydrogen-bond donors (Lipinski definition) is 0. The Bertz CT molecular complexity index is 899. The van der Waals surface area contributed by atoms with Gasteiger partial charge >= 0.3 is 0 Å². The Morgan fingerprint density at radius 3 is 2.46 bits per heavy atom. The van der Waals surface area contributed by atoms with Gasteiger partial charge in [-0.3, -0.25) is 9.59 Å². The van der Waals surface area contributed by atoms with Crippen LogP contribution in [0.1, 0.15) is 6.42 Å². The van der Waals surface area contributed by atoms with Crippen LogP contribution in [0.5, 0.6) is 0 Å². The highest BCUT2D eigenvalue weighted by molar-refractivity contribution is 6.31. The number of amides is 2. The number of nitrogens with zero attached hydrogens (tertiary/aromatic N) is 3. The Kier molecular flexibility index (Phi) is 5.22. The van der Waals surface area contributed by atoms with Gasteiger partial charge in [0.15, 0.2) is 0 Å². The molecule has 5 nitrogen and oxygen atoms in total. The second-order valence-corrected chi connectivity index (χ2v) is 7.51. The lowest BCUT2D eigenvalue weighted by atomic mass is 10.1. The number of hydrogen-bond acceptors (Lipinski definition) is 3. The highest BCUT2D eigenvalue weighted by Gasteiger charge is 2.40. The van der Waals surface area contributed by atoms with Gasteiger partial charge in [0.05, 0.1) is 5.69 Å². The van der Waals surface area contributed by atoms with Crippen molar-refractivity contribution in [1.29, 1.82) is 0 Å². The summed E-state index contributed by atoms with van der Waals surface area (Å²) >= 11 is 6.02. The third-order valence-electron chi connectivity index (χ3n) is 5.41. The zero-order valence-electron chi connectivity index (χ0n) is 15.4. The molecule has 0 N–H and O–H groups in total. The quantitative estimate of drug-likeness (QED) is 0.742. The van der Waals surface area contributed by atoms with Gasteiger partial charge in [-0.1, -0.05) is 29.8 Å². The lowest BCUT2D eigenvalue weighted by Gasteiger charge is -2.37. The molecule has 146 valence electrons. The van der Waals surface area contributed by atoms with Gasteiger partial charge in [0.25, 0.3) is 0 Å². The molecule has 2 aromatic carbocycles. The van der Waals surface area contributed by atoms with E-state index in [9.17, 15) is 14.0 Å². The molecule has 0 bridgehead atoms. The van der Waals surface area contributed by atoms with Crippen LogP contribution in [0.3, 0.4) is 0 Å². The van der Waals surface area contributed by atoms with E-state index in [0.29, 0.717) is 49.9 Å². The van der Waals surface area contributed by atoms with Crippen LogP contribution in [0.25, 0.3) is 0 Å². The van der Waals surface area contributed by atoms with Crippen molar-refractivity contribution in [2.45, 2.75) is 6.42 Å². The molecule has 0 unspecified atom stereocenters. The number of carbonyl (C=O) groups excluding carboxylic acids is 2. The van der Waals surface area contributed by atoms with Gasteiger partial charge in [-0.05, 0) is 36.8 Å². The van der Waals surface area contributed by atoms with Gasteiger partial charge in [0.2, 0.25) is 11.8 Å². The van der Waals surface area contributed by atoms with Crippen LogP contribution < -0.4 is 9.80 Å². The third kappa shape index (κ3) is 3.56. The first-order valence-corrected chi connectivity index (χ1v) is 9.77. The Balaban J connectivity index is 1.39. The zero-order valence-corrected chi connectivity index (χ0v) is 16.1. The lowest BCUT2D eigenvalue weighted by Crippen LogP contribution is -2.51. The smallest absolute Gasteiger partial charge is 0.239 e. The standard InChI is InChI=1S/C21H21ClFN3O2/c22-15-4-3-5-16(14-15)26-9-8-17(21(26)28)20(27)25-12-10-24(11-13-25)19-7-2-1-6-18(19)23/h1-7,14,17H,8-13H2/t17-/m1/s1. The van der Waals surface area contributed by atoms with Crippen LogP contribution in [-0.2, 0) is 9.59 Å². The van der Waals surface area contributed by atoms with Crippen LogP contribution in [0, 0.1) is 11.7 Å². The maximum atomic E-state index is 14.0. The van der Waals surface area contributed by atoms with E-state index in [4.69, 9.17) is 11.6 Å². The minimum absolute atomic E-state index is 0.136. The molecule has 2 saturated heterocycles. The fraction of sp³-hybridized carbons (Fsp3) is 0.333. The normalized spacial score (nSPS) is 20.0. The van der Waals surface area contributed by atoms with Crippen LogP contribution in [0.2, 0.25) is 5.02 Å². The molecule has 2 aliphatic rings. The van der Waals surface area contributed by atoms with Crippen LogP contribution in [0.4, 0.5) is 15.8 Å². The third-order valence-corrected chi connectivity index (χ3v) is 5.64. The fourth-order valence-corrected chi connectivity index (χ4v) is 4.09. The molecular weight excluding hydrogens is 381 g/mol. The summed E-state index contributed by atoms with van der Waals surface area (Å²) < 4.78 is 14.0. The monoisotopic (exact) mass is 401 g/mol. The van der Waals surface area contributed by atoms with Gasteiger partial charge in [-0.2, -0.15) is 0 Å². The molecule has 0 radical (unpaired) electrons. The Morgan fingerprint density at radius 2 is 1.75 bits per heavy atom. The number of carbonyl (C=O) groups is 2. The largest absolute Gasteiger partial charge is 0.366 e. The molecule has 28 heavy (non-hydrogen) atoms. The molecule has 4 rings (SSSR count). The average molecular weight is 402 g/mol. The van der Waals surface area contributed by atoms with Crippen LogP contribution in [0.15, 0.2) is 48.5 Å². The molecule has 0 saturated carbocycles. The van der Waals surface area contributed by atoms with Crippen molar-refractivity contribution < 1.29 is 14.0 Å². The average Bonchev–Trinajstić information content (AvgIpc) is 3.09. The molecule has 1 atom stereocenters. The van der Waals surface area contributed by atoms with Crippen molar-refractivity contribution in [3.05, 3.63) is 59.4 Å². The van der Waals surface area contributed by atoms with Gasteiger partial charge in [0, 0.05) is 43.4 Å². The summed E-state index contributed by atoms with van der Waals surface area (Å²) in [5, 5.41) is 0.560. The summed E-state index contributed by atoms with van der Waals surface area (Å²) in [4.78, 5) is 31.0. The topological polar surface area (TPSA) is 43.9 Å². The molecule has 7 heteroatoms. The second kappa shape index (κ2) is 7.80. The van der Waals surface area contributed by atoms with Crippen LogP contribution in [-0.4, -0.2) is 49.4 Å². The first-order valence-electron chi connectivity index (χ1n) is 9.40. The summed E-state index contributed by atoms with van der Waals surface area (Å²) in [7, 11) is 0. The SMILES string of the molecule is O=C([C@H]1CCN(c2cccc(Cl)c2)C1=O)N1CCN(c2ccccc2F)CC1. The van der Waals surface area contributed by atoms with Gasteiger partial charge in [0.1, 0.15) is 11.7 Å². The Morgan fingerprint density at radius 1 is 1.00 bits per heavy atom. The summed E-state index contributed by atoms with van der Waals surface area (Å²) in [6.07, 6.45) is 0.498. The van der Waals surface area contributed by atoms with E-state index in [2.05, 4.69) is 0 Å². The maximum Gasteiger partial charge on any atom is 0.239 e. The molecule has 0 aliphatic carbocycles. The van der Waals surface area contributed by atoms with E-state index in [1.54, 1.807) is 46.2 Å². The van der Waals surface area contributed by atoms with Gasteiger partial charge in [-0.25, -0.2) is 4.39 Å². The first kappa shape index (κ1) is 18.7. The minimum Gasteiger partial charge on any atom is -0.366 e. The summed E-state index contributed by atoms with van der Waals surface area (Å²) in [6, 6.07) is 13.8. The molecule has 2 heterocycles. The summed E-state index contributed by atoms with van der Waals surface area (Å²) in [6.45, 7) is 2.56. The number of para-hydroxylation sites is 1. The number of rotatable bonds is 3. The van der Waals surface area contributed by atoms with E-state index in [0.717, 1.165) is 5.69 Å². The summed E-state index contributed by atoms with van der Waals surface area (Å²) in [5.41, 5.74) is 1.27. The van der Waals surface area contributed by atoms with E-state index in [1.165, 1.54) is 6.07 Å². The van der Waals surface area contributed by atoms with Crippen molar-refractivity contribution in [2.24, 2.45) is 5.92 Å². The van der Waals surface area contributed by atoms with Crippen molar-refractivity contribution >= 4 is 34.8 Å². The molecule has 2 aromatic rings. The number of piperazine rings is 1. The van der Waals surface area contributed by atoms with Crippen LogP contribution >= 0.6 is 11.6 Å². The number of halogens is 2. The highest BCUT2D eigenvalue weighted by atomic mass is 35.5. The molecule has 2 aliphatic heterocycles. The number of benzene rings is 2. The first-order chi connectivity index (χ1) is 13.5. The molecule has 0 aromatic heterocycles. The highest BCUT2D eigenvalue weighted by Crippen LogP contribution is 2.29. The molecule has 0 spiro atoms.